The molecule has 0 radical (unpaired) electrons. The van der Waals surface area contributed by atoms with Crippen LogP contribution in [0.2, 0.25) is 0 Å². The highest BCUT2D eigenvalue weighted by molar-refractivity contribution is 7.92. The predicted octanol–water partition coefficient (Wildman–Crippen LogP) is 3.63. The van der Waals surface area contributed by atoms with E-state index in [1.807, 2.05) is 44.2 Å². The highest BCUT2D eigenvalue weighted by atomic mass is 32.2. The molecule has 1 heterocycles. The number of amides is 3. The van der Waals surface area contributed by atoms with Gasteiger partial charge in [0.05, 0.1) is 46.7 Å². The van der Waals surface area contributed by atoms with Crippen LogP contribution in [0, 0.1) is 17.8 Å². The molecule has 0 saturated heterocycles. The van der Waals surface area contributed by atoms with Crippen LogP contribution in [0.3, 0.4) is 0 Å². The van der Waals surface area contributed by atoms with E-state index < -0.39 is 62.4 Å². The van der Waals surface area contributed by atoms with Crippen molar-refractivity contribution in [3.05, 3.63) is 54.1 Å². The van der Waals surface area contributed by atoms with Crippen molar-refractivity contribution in [2.24, 2.45) is 17.8 Å². The van der Waals surface area contributed by atoms with Crippen molar-refractivity contribution in [1.82, 2.24) is 25.9 Å². The van der Waals surface area contributed by atoms with Gasteiger partial charge in [-0.2, -0.15) is 0 Å². The van der Waals surface area contributed by atoms with E-state index in [0.717, 1.165) is 44.1 Å². The summed E-state index contributed by atoms with van der Waals surface area (Å²) in [6, 6.07) is 7.31. The lowest BCUT2D eigenvalue weighted by Crippen LogP contribution is -2.55. The Morgan fingerprint density at radius 2 is 1.67 bits per heavy atom. The van der Waals surface area contributed by atoms with Crippen LogP contribution in [-0.4, -0.2) is 87.7 Å². The van der Waals surface area contributed by atoms with E-state index in [4.69, 9.17) is 0 Å². The summed E-state index contributed by atoms with van der Waals surface area (Å²) in [4.78, 5) is 47.4. The third-order valence-corrected chi connectivity index (χ3v) is 12.5. The lowest BCUT2D eigenvalue weighted by molar-refractivity contribution is -0.131. The molecular weight excluding hydrogens is 671 g/mol. The maximum atomic E-state index is 14.1. The summed E-state index contributed by atoms with van der Waals surface area (Å²) in [5.74, 6) is -2.01. The number of aliphatic hydroxyl groups is 2. The highest BCUT2D eigenvalue weighted by Gasteiger charge is 2.37. The van der Waals surface area contributed by atoms with Crippen molar-refractivity contribution in [2.75, 3.05) is 12.3 Å². The number of aromatic amines is 1. The quantitative estimate of drug-likeness (QED) is 0.119. The van der Waals surface area contributed by atoms with Crippen LogP contribution in [0.1, 0.15) is 104 Å². The van der Waals surface area contributed by atoms with Gasteiger partial charge in [0.25, 0.3) is 0 Å². The van der Waals surface area contributed by atoms with E-state index in [1.54, 1.807) is 27.0 Å². The molecule has 3 amide bonds. The third kappa shape index (κ3) is 14.7. The molecule has 5 atom stereocenters. The van der Waals surface area contributed by atoms with Crippen LogP contribution in [0.15, 0.2) is 42.9 Å². The molecule has 0 aliphatic heterocycles. The zero-order chi connectivity index (χ0) is 37.6. The summed E-state index contributed by atoms with van der Waals surface area (Å²) in [7, 11) is -3.71. The van der Waals surface area contributed by atoms with E-state index in [0.29, 0.717) is 24.5 Å². The second-order valence-electron chi connectivity index (χ2n) is 15.7. The first-order chi connectivity index (χ1) is 24.0. The van der Waals surface area contributed by atoms with E-state index in [2.05, 4.69) is 25.9 Å². The number of carbonyl (C=O) groups is 3. The van der Waals surface area contributed by atoms with Gasteiger partial charge in [0.15, 0.2) is 9.84 Å². The van der Waals surface area contributed by atoms with Gasteiger partial charge in [0.2, 0.25) is 17.7 Å². The number of nitrogens with one attached hydrogen (secondary N) is 4. The standard InChI is InChI=1S/C38H61N5O7S/c1-26(2)16-17-35(46)40-23-31(44)21-34(45)32(19-28-14-10-7-11-15-28)42-37(48)33(20-30-22-39-25-41-30)43-36(47)29(18-27-12-8-6-9-13-27)24-51(49,50)38(3,4)5/h6,8-9,12-13,22,25-26,28-29,31-34,44-45H,7,10-11,14-21,23-24H2,1-5H3,(H,39,41)(H,40,46)(H,42,48)(H,43,47)/t29?,31-,32-,33-,34-/m0/s1. The van der Waals surface area contributed by atoms with Gasteiger partial charge >= 0.3 is 0 Å². The van der Waals surface area contributed by atoms with Gasteiger partial charge in [0, 0.05) is 32.0 Å². The van der Waals surface area contributed by atoms with E-state index in [9.17, 15) is 33.0 Å². The summed E-state index contributed by atoms with van der Waals surface area (Å²) in [6.07, 6.45) is 7.82. The van der Waals surface area contributed by atoms with Gasteiger partial charge in [-0.3, -0.25) is 14.4 Å². The molecule has 0 spiro atoms. The molecule has 0 bridgehead atoms. The number of hydrogen-bond acceptors (Lipinski definition) is 8. The van der Waals surface area contributed by atoms with Crippen LogP contribution < -0.4 is 16.0 Å². The largest absolute Gasteiger partial charge is 0.391 e. The summed E-state index contributed by atoms with van der Waals surface area (Å²) < 4.78 is 25.6. The molecule has 13 heteroatoms. The average Bonchev–Trinajstić information content (AvgIpc) is 3.59. The first kappa shape index (κ1) is 42.1. The molecule has 1 fully saturated rings. The Hall–Kier alpha value is -3.29. The first-order valence-electron chi connectivity index (χ1n) is 18.5. The van der Waals surface area contributed by atoms with Gasteiger partial charge < -0.3 is 31.1 Å². The summed E-state index contributed by atoms with van der Waals surface area (Å²) in [5.41, 5.74) is 1.31. The minimum absolute atomic E-state index is 0.0177. The molecular formula is C38H61N5O7S. The molecule has 1 unspecified atom stereocenters. The normalized spacial score (nSPS) is 17.3. The van der Waals surface area contributed by atoms with Crippen molar-refractivity contribution in [2.45, 2.75) is 134 Å². The Labute approximate surface area is 304 Å². The molecule has 1 aliphatic rings. The van der Waals surface area contributed by atoms with Crippen molar-refractivity contribution in [3.63, 3.8) is 0 Å². The van der Waals surface area contributed by atoms with E-state index >= 15 is 0 Å². The lowest BCUT2D eigenvalue weighted by Gasteiger charge is -2.32. The number of H-pyrrole nitrogens is 1. The number of carbonyl (C=O) groups excluding carboxylic acids is 3. The molecule has 1 aromatic heterocycles. The fourth-order valence-corrected chi connectivity index (χ4v) is 7.69. The molecule has 1 aliphatic carbocycles. The van der Waals surface area contributed by atoms with Gasteiger partial charge in [-0.1, -0.05) is 76.3 Å². The number of aliphatic hydroxyl groups excluding tert-OH is 2. The molecule has 2 aromatic rings. The first-order valence-corrected chi connectivity index (χ1v) is 20.2. The summed E-state index contributed by atoms with van der Waals surface area (Å²) >= 11 is 0. The number of imidazole rings is 1. The maximum absolute atomic E-state index is 14.1. The maximum Gasteiger partial charge on any atom is 0.243 e. The SMILES string of the molecule is CC(C)CCC(=O)NC[C@@H](O)C[C@H](O)[C@H](CC1CCCCC1)NC(=O)[C@H](Cc1c[nH]cn1)NC(=O)C(Cc1ccccc1)CS(=O)(=O)C(C)(C)C. The Kier molecular flexibility index (Phi) is 16.6. The minimum atomic E-state index is -3.71. The molecule has 12 nitrogen and oxygen atoms in total. The van der Waals surface area contributed by atoms with Crippen LogP contribution in [0.5, 0.6) is 0 Å². The number of hydrogen-bond donors (Lipinski definition) is 6. The minimum Gasteiger partial charge on any atom is -0.391 e. The summed E-state index contributed by atoms with van der Waals surface area (Å²) in [6.45, 7) is 8.85. The van der Waals surface area contributed by atoms with Crippen LogP contribution >= 0.6 is 0 Å². The van der Waals surface area contributed by atoms with Gasteiger partial charge in [0.1, 0.15) is 6.04 Å². The van der Waals surface area contributed by atoms with Crippen molar-refractivity contribution < 1.29 is 33.0 Å². The Bertz CT molecular complexity index is 1460. The number of rotatable bonds is 20. The number of sulfone groups is 1. The molecule has 3 rings (SSSR count). The Balaban J connectivity index is 1.81. The number of benzene rings is 1. The van der Waals surface area contributed by atoms with Gasteiger partial charge in [-0.05, 0) is 57.4 Å². The van der Waals surface area contributed by atoms with Crippen molar-refractivity contribution >= 4 is 27.6 Å². The molecule has 286 valence electrons. The molecule has 51 heavy (non-hydrogen) atoms. The van der Waals surface area contributed by atoms with E-state index in [-0.39, 0.29) is 37.6 Å². The second kappa shape index (κ2) is 20.1. The van der Waals surface area contributed by atoms with Crippen LogP contribution in [-0.2, 0) is 37.1 Å². The predicted molar refractivity (Wildman–Crippen MR) is 198 cm³/mol. The number of aromatic nitrogens is 2. The smallest absolute Gasteiger partial charge is 0.243 e. The average molecular weight is 732 g/mol. The van der Waals surface area contributed by atoms with Gasteiger partial charge in [-0.15, -0.1) is 0 Å². The lowest BCUT2D eigenvalue weighted by atomic mass is 9.83. The zero-order valence-corrected chi connectivity index (χ0v) is 31.9. The van der Waals surface area contributed by atoms with Gasteiger partial charge in [-0.25, -0.2) is 13.4 Å². The Morgan fingerprint density at radius 3 is 2.27 bits per heavy atom. The van der Waals surface area contributed by atoms with E-state index in [1.165, 1.54) is 6.33 Å². The fraction of sp³-hybridized carbons (Fsp3) is 0.684. The third-order valence-electron chi connectivity index (χ3n) is 9.75. The van der Waals surface area contributed by atoms with Crippen LogP contribution in [0.25, 0.3) is 0 Å². The molecule has 1 aromatic carbocycles. The molecule has 6 N–H and O–H groups in total. The number of nitrogens with zero attached hydrogens (tertiary/aromatic N) is 1. The highest BCUT2D eigenvalue weighted by Crippen LogP contribution is 2.29. The second-order valence-corrected chi connectivity index (χ2v) is 18.4. The molecule has 1 saturated carbocycles. The monoisotopic (exact) mass is 731 g/mol. The topological polar surface area (TPSA) is 191 Å². The zero-order valence-electron chi connectivity index (χ0n) is 31.1. The van der Waals surface area contributed by atoms with Crippen LogP contribution in [0.4, 0.5) is 0 Å². The van der Waals surface area contributed by atoms with Crippen molar-refractivity contribution in [1.29, 1.82) is 0 Å². The fourth-order valence-electron chi connectivity index (χ4n) is 6.39. The Morgan fingerprint density at radius 1 is 0.980 bits per heavy atom. The summed E-state index contributed by atoms with van der Waals surface area (Å²) in [5, 5.41) is 30.7. The van der Waals surface area contributed by atoms with Crippen molar-refractivity contribution in [3.8, 4) is 0 Å².